The maximum absolute atomic E-state index is 13.0. The SMILES string of the molecule is CCc1ccc(NC(=O)CSc2nc3ccccc3c(=O)n2-c2ncn[nH]2)cc1. The van der Waals surface area contributed by atoms with E-state index in [0.717, 1.165) is 23.9 Å². The average Bonchev–Trinajstić information content (AvgIpc) is 3.27. The maximum Gasteiger partial charge on any atom is 0.269 e. The molecule has 0 radical (unpaired) electrons. The van der Waals surface area contributed by atoms with Gasteiger partial charge in [-0.05, 0) is 36.2 Å². The predicted molar refractivity (Wildman–Crippen MR) is 112 cm³/mol. The van der Waals surface area contributed by atoms with Gasteiger partial charge in [-0.2, -0.15) is 10.1 Å². The molecule has 0 aliphatic carbocycles. The van der Waals surface area contributed by atoms with Crippen LogP contribution in [0.5, 0.6) is 0 Å². The third-order valence-electron chi connectivity index (χ3n) is 4.34. The molecule has 146 valence electrons. The number of nitrogens with one attached hydrogen (secondary N) is 2. The van der Waals surface area contributed by atoms with Crippen molar-refractivity contribution in [1.82, 2.24) is 24.7 Å². The van der Waals surface area contributed by atoms with Gasteiger partial charge in [0.2, 0.25) is 11.9 Å². The second-order valence-corrected chi connectivity index (χ2v) is 7.19. The fourth-order valence-electron chi connectivity index (χ4n) is 2.85. The van der Waals surface area contributed by atoms with Crippen LogP contribution in [-0.4, -0.2) is 36.4 Å². The van der Waals surface area contributed by atoms with Gasteiger partial charge in [0.15, 0.2) is 5.16 Å². The van der Waals surface area contributed by atoms with Crippen molar-refractivity contribution in [2.75, 3.05) is 11.1 Å². The molecule has 0 saturated carbocycles. The number of nitrogens with zero attached hydrogens (tertiary/aromatic N) is 4. The zero-order valence-electron chi connectivity index (χ0n) is 15.6. The highest BCUT2D eigenvalue weighted by Gasteiger charge is 2.16. The number of fused-ring (bicyclic) bond motifs is 1. The Labute approximate surface area is 170 Å². The first-order valence-corrected chi connectivity index (χ1v) is 10.0. The van der Waals surface area contributed by atoms with E-state index in [4.69, 9.17) is 0 Å². The summed E-state index contributed by atoms with van der Waals surface area (Å²) >= 11 is 1.16. The van der Waals surface area contributed by atoms with Crippen molar-refractivity contribution in [3.05, 3.63) is 70.8 Å². The number of H-pyrrole nitrogens is 1. The minimum absolute atomic E-state index is 0.0917. The molecular weight excluding hydrogens is 388 g/mol. The number of aromatic amines is 1. The number of carbonyl (C=O) groups is 1. The van der Waals surface area contributed by atoms with E-state index < -0.39 is 0 Å². The third kappa shape index (κ3) is 4.04. The second kappa shape index (κ2) is 8.27. The van der Waals surface area contributed by atoms with Gasteiger partial charge in [0.25, 0.3) is 5.56 Å². The van der Waals surface area contributed by atoms with Crippen LogP contribution in [0, 0.1) is 0 Å². The minimum Gasteiger partial charge on any atom is -0.325 e. The molecular formula is C20H18N6O2S. The van der Waals surface area contributed by atoms with Crippen LogP contribution in [0.15, 0.2) is 64.8 Å². The molecule has 0 saturated heterocycles. The lowest BCUT2D eigenvalue weighted by atomic mass is 10.1. The number of hydrogen-bond acceptors (Lipinski definition) is 6. The van der Waals surface area contributed by atoms with Gasteiger partial charge in [-0.15, -0.1) is 0 Å². The highest BCUT2D eigenvalue weighted by atomic mass is 32.2. The molecule has 2 aromatic heterocycles. The number of aromatic nitrogens is 5. The molecule has 0 spiro atoms. The van der Waals surface area contributed by atoms with E-state index in [0.29, 0.717) is 16.1 Å². The van der Waals surface area contributed by atoms with Crippen molar-refractivity contribution < 1.29 is 4.79 Å². The Morgan fingerprint density at radius 1 is 1.17 bits per heavy atom. The summed E-state index contributed by atoms with van der Waals surface area (Å²) in [4.78, 5) is 34.0. The number of para-hydroxylation sites is 1. The lowest BCUT2D eigenvalue weighted by Crippen LogP contribution is -2.23. The zero-order chi connectivity index (χ0) is 20.2. The smallest absolute Gasteiger partial charge is 0.269 e. The van der Waals surface area contributed by atoms with Gasteiger partial charge < -0.3 is 5.32 Å². The number of amides is 1. The molecule has 4 rings (SSSR count). The Balaban J connectivity index is 1.59. The first-order valence-electron chi connectivity index (χ1n) is 9.05. The zero-order valence-corrected chi connectivity index (χ0v) is 16.4. The minimum atomic E-state index is -0.273. The largest absolute Gasteiger partial charge is 0.325 e. The Kier molecular flexibility index (Phi) is 5.39. The number of hydrogen-bond donors (Lipinski definition) is 2. The van der Waals surface area contributed by atoms with E-state index in [2.05, 4.69) is 32.4 Å². The van der Waals surface area contributed by atoms with Gasteiger partial charge in [0.05, 0.1) is 16.7 Å². The predicted octanol–water partition coefficient (Wildman–Crippen LogP) is 2.80. The van der Waals surface area contributed by atoms with Crippen LogP contribution in [0.25, 0.3) is 16.9 Å². The van der Waals surface area contributed by atoms with Gasteiger partial charge in [-0.3, -0.25) is 9.59 Å². The summed E-state index contributed by atoms with van der Waals surface area (Å²) in [5.74, 6) is 0.158. The topological polar surface area (TPSA) is 106 Å². The quantitative estimate of drug-likeness (QED) is 0.377. The molecule has 0 fully saturated rings. The fourth-order valence-corrected chi connectivity index (χ4v) is 3.65. The first-order chi connectivity index (χ1) is 14.2. The second-order valence-electron chi connectivity index (χ2n) is 6.25. The van der Waals surface area contributed by atoms with Gasteiger partial charge in [0, 0.05) is 5.69 Å². The highest BCUT2D eigenvalue weighted by molar-refractivity contribution is 7.99. The molecule has 0 unspecified atom stereocenters. The Bertz CT molecular complexity index is 1200. The lowest BCUT2D eigenvalue weighted by molar-refractivity contribution is -0.113. The summed E-state index contributed by atoms with van der Waals surface area (Å²) in [6.45, 7) is 2.08. The Morgan fingerprint density at radius 3 is 2.69 bits per heavy atom. The molecule has 2 heterocycles. The van der Waals surface area contributed by atoms with E-state index >= 15 is 0 Å². The molecule has 2 N–H and O–H groups in total. The molecule has 0 aliphatic rings. The summed E-state index contributed by atoms with van der Waals surface area (Å²) in [6, 6.07) is 14.8. The Morgan fingerprint density at radius 2 is 1.97 bits per heavy atom. The molecule has 8 nitrogen and oxygen atoms in total. The van der Waals surface area contributed by atoms with Crippen molar-refractivity contribution in [3.8, 4) is 5.95 Å². The Hall–Kier alpha value is -3.46. The number of benzene rings is 2. The first kappa shape index (κ1) is 18.9. The van der Waals surface area contributed by atoms with Crippen LogP contribution in [0.3, 0.4) is 0 Å². The van der Waals surface area contributed by atoms with Gasteiger partial charge in [0.1, 0.15) is 6.33 Å². The molecule has 0 aliphatic heterocycles. The maximum atomic E-state index is 13.0. The summed E-state index contributed by atoms with van der Waals surface area (Å²) < 4.78 is 1.34. The van der Waals surface area contributed by atoms with Crippen LogP contribution < -0.4 is 10.9 Å². The number of carbonyl (C=O) groups excluding carboxylic acids is 1. The molecule has 1 amide bonds. The number of anilines is 1. The van der Waals surface area contributed by atoms with Crippen LogP contribution in [-0.2, 0) is 11.2 Å². The van der Waals surface area contributed by atoms with Gasteiger partial charge in [-0.1, -0.05) is 43.0 Å². The third-order valence-corrected chi connectivity index (χ3v) is 5.28. The number of aryl methyl sites for hydroxylation is 1. The molecule has 4 aromatic rings. The van der Waals surface area contributed by atoms with Gasteiger partial charge >= 0.3 is 0 Å². The molecule has 2 aromatic carbocycles. The fraction of sp³-hybridized carbons (Fsp3) is 0.150. The van der Waals surface area contributed by atoms with Crippen molar-refractivity contribution in [2.45, 2.75) is 18.5 Å². The van der Waals surface area contributed by atoms with E-state index in [1.807, 2.05) is 30.3 Å². The van der Waals surface area contributed by atoms with Crippen LogP contribution in [0.1, 0.15) is 12.5 Å². The van der Waals surface area contributed by atoms with Crippen LogP contribution in [0.2, 0.25) is 0 Å². The highest BCUT2D eigenvalue weighted by Crippen LogP contribution is 2.20. The number of thioether (sulfide) groups is 1. The van der Waals surface area contributed by atoms with E-state index in [-0.39, 0.29) is 23.2 Å². The summed E-state index contributed by atoms with van der Waals surface area (Å²) in [5, 5.41) is 10.2. The summed E-state index contributed by atoms with van der Waals surface area (Å²) in [5.41, 5.74) is 2.22. The average molecular weight is 406 g/mol. The van der Waals surface area contributed by atoms with E-state index in [9.17, 15) is 9.59 Å². The normalized spacial score (nSPS) is 10.9. The van der Waals surface area contributed by atoms with Gasteiger partial charge in [-0.25, -0.2) is 14.6 Å². The summed E-state index contributed by atoms with van der Waals surface area (Å²) in [6.07, 6.45) is 2.26. The van der Waals surface area contributed by atoms with E-state index in [1.54, 1.807) is 18.2 Å². The van der Waals surface area contributed by atoms with Crippen molar-refractivity contribution in [2.24, 2.45) is 0 Å². The van der Waals surface area contributed by atoms with Crippen LogP contribution in [0.4, 0.5) is 5.69 Å². The van der Waals surface area contributed by atoms with Crippen molar-refractivity contribution >= 4 is 34.3 Å². The van der Waals surface area contributed by atoms with Crippen LogP contribution >= 0.6 is 11.8 Å². The molecule has 0 atom stereocenters. The summed E-state index contributed by atoms with van der Waals surface area (Å²) in [7, 11) is 0. The molecule has 9 heteroatoms. The molecule has 29 heavy (non-hydrogen) atoms. The van der Waals surface area contributed by atoms with Crippen molar-refractivity contribution in [3.63, 3.8) is 0 Å². The molecule has 0 bridgehead atoms. The number of rotatable bonds is 6. The standard InChI is InChI=1S/C20H18N6O2S/c1-2-13-7-9-14(10-8-13)23-17(27)11-29-20-24-16-6-4-3-5-15(16)18(28)26(20)19-21-12-22-25-19/h3-10,12H,2,11H2,1H3,(H,23,27)(H,21,22,25). The lowest BCUT2D eigenvalue weighted by Gasteiger charge is -2.11. The monoisotopic (exact) mass is 406 g/mol. The van der Waals surface area contributed by atoms with E-state index in [1.165, 1.54) is 16.5 Å². The van der Waals surface area contributed by atoms with Crippen molar-refractivity contribution in [1.29, 1.82) is 0 Å².